The molecule has 0 bridgehead atoms. The van der Waals surface area contributed by atoms with Crippen molar-refractivity contribution >= 4 is 0 Å². The average Bonchev–Trinajstić information content (AvgIpc) is 2.35. The van der Waals surface area contributed by atoms with Crippen LogP contribution in [0.1, 0.15) is 52.1 Å². The van der Waals surface area contributed by atoms with E-state index in [0.29, 0.717) is 6.04 Å². The monoisotopic (exact) mass is 249 g/mol. The quantitative estimate of drug-likeness (QED) is 0.698. The molecule has 0 heterocycles. The molecule has 18 heavy (non-hydrogen) atoms. The van der Waals surface area contributed by atoms with E-state index >= 15 is 0 Å². The van der Waals surface area contributed by atoms with Crippen LogP contribution in [0, 0.1) is 5.92 Å². The molecule has 0 saturated carbocycles. The van der Waals surface area contributed by atoms with Crippen molar-refractivity contribution in [2.24, 2.45) is 5.92 Å². The topological polar surface area (TPSA) is 21.3 Å². The fourth-order valence-electron chi connectivity index (χ4n) is 2.06. The predicted octanol–water partition coefficient (Wildman–Crippen LogP) is 4.17. The highest BCUT2D eigenvalue weighted by Gasteiger charge is 2.09. The molecule has 0 aliphatic rings. The maximum Gasteiger partial charge on any atom is 0.124 e. The molecule has 1 N–H and O–H groups in total. The van der Waals surface area contributed by atoms with E-state index in [-0.39, 0.29) is 0 Å². The van der Waals surface area contributed by atoms with E-state index in [1.807, 2.05) is 6.07 Å². The van der Waals surface area contributed by atoms with Gasteiger partial charge in [-0.25, -0.2) is 0 Å². The standard InChI is InChI=1S/C16H27NO/c1-5-17-14(4)15-10-6-7-11-16(15)18-12-8-9-13(2)3/h6-7,10-11,13-14,17H,5,8-9,12H2,1-4H3. The highest BCUT2D eigenvalue weighted by atomic mass is 16.5. The van der Waals surface area contributed by atoms with Crippen LogP contribution >= 0.6 is 0 Å². The van der Waals surface area contributed by atoms with Gasteiger partial charge in [-0.3, -0.25) is 0 Å². The van der Waals surface area contributed by atoms with Gasteiger partial charge < -0.3 is 10.1 Å². The summed E-state index contributed by atoms with van der Waals surface area (Å²) in [5.74, 6) is 1.78. The Balaban J connectivity index is 2.53. The van der Waals surface area contributed by atoms with Crippen LogP contribution < -0.4 is 10.1 Å². The van der Waals surface area contributed by atoms with Crippen LogP contribution in [0.2, 0.25) is 0 Å². The van der Waals surface area contributed by atoms with Crippen molar-refractivity contribution in [1.82, 2.24) is 5.32 Å². The summed E-state index contributed by atoms with van der Waals surface area (Å²) >= 11 is 0. The fraction of sp³-hybridized carbons (Fsp3) is 0.625. The van der Waals surface area contributed by atoms with Crippen LogP contribution in [0.3, 0.4) is 0 Å². The molecule has 2 nitrogen and oxygen atoms in total. The van der Waals surface area contributed by atoms with Gasteiger partial charge in [-0.15, -0.1) is 0 Å². The normalized spacial score (nSPS) is 12.7. The predicted molar refractivity (Wildman–Crippen MR) is 78.1 cm³/mol. The molecule has 0 amide bonds. The molecule has 2 heteroatoms. The lowest BCUT2D eigenvalue weighted by atomic mass is 10.1. The van der Waals surface area contributed by atoms with Crippen molar-refractivity contribution in [3.63, 3.8) is 0 Å². The van der Waals surface area contributed by atoms with E-state index in [4.69, 9.17) is 4.74 Å². The maximum absolute atomic E-state index is 5.92. The van der Waals surface area contributed by atoms with Gasteiger partial charge in [-0.2, -0.15) is 0 Å². The Morgan fingerprint density at radius 3 is 2.56 bits per heavy atom. The molecule has 0 aliphatic carbocycles. The Morgan fingerprint density at radius 2 is 1.89 bits per heavy atom. The third-order valence-electron chi connectivity index (χ3n) is 3.08. The van der Waals surface area contributed by atoms with Gasteiger partial charge in [0.05, 0.1) is 6.61 Å². The lowest BCUT2D eigenvalue weighted by molar-refractivity contribution is 0.292. The van der Waals surface area contributed by atoms with Crippen molar-refractivity contribution in [3.8, 4) is 5.75 Å². The first-order valence-electron chi connectivity index (χ1n) is 7.10. The third-order valence-corrected chi connectivity index (χ3v) is 3.08. The number of benzene rings is 1. The Labute approximate surface area is 112 Å². The van der Waals surface area contributed by atoms with Crippen LogP contribution in [0.5, 0.6) is 5.75 Å². The van der Waals surface area contributed by atoms with Gasteiger partial charge in [0.1, 0.15) is 5.75 Å². The van der Waals surface area contributed by atoms with E-state index < -0.39 is 0 Å². The van der Waals surface area contributed by atoms with E-state index in [9.17, 15) is 0 Å². The molecule has 0 aromatic heterocycles. The van der Waals surface area contributed by atoms with Crippen LogP contribution in [-0.2, 0) is 0 Å². The van der Waals surface area contributed by atoms with Gasteiger partial charge in [0.25, 0.3) is 0 Å². The third kappa shape index (κ3) is 5.09. The smallest absolute Gasteiger partial charge is 0.124 e. The summed E-state index contributed by atoms with van der Waals surface area (Å²) in [5, 5.41) is 3.43. The zero-order chi connectivity index (χ0) is 13.4. The first-order chi connectivity index (χ1) is 8.65. The van der Waals surface area contributed by atoms with Gasteiger partial charge in [0.15, 0.2) is 0 Å². The summed E-state index contributed by atoms with van der Waals surface area (Å²) in [5.41, 5.74) is 1.25. The zero-order valence-electron chi connectivity index (χ0n) is 12.2. The number of hydrogen-bond acceptors (Lipinski definition) is 2. The van der Waals surface area contributed by atoms with Crippen molar-refractivity contribution in [2.45, 2.75) is 46.6 Å². The number of para-hydroxylation sites is 1. The van der Waals surface area contributed by atoms with Crippen LogP contribution in [-0.4, -0.2) is 13.2 Å². The molecule has 0 spiro atoms. The minimum atomic E-state index is 0.344. The molecule has 0 saturated heterocycles. The van der Waals surface area contributed by atoms with E-state index in [0.717, 1.165) is 31.2 Å². The molecule has 1 aromatic rings. The highest BCUT2D eigenvalue weighted by molar-refractivity contribution is 5.35. The molecular formula is C16H27NO. The summed E-state index contributed by atoms with van der Waals surface area (Å²) in [4.78, 5) is 0. The van der Waals surface area contributed by atoms with Crippen molar-refractivity contribution in [1.29, 1.82) is 0 Å². The first-order valence-corrected chi connectivity index (χ1v) is 7.10. The molecule has 1 unspecified atom stereocenters. The molecule has 102 valence electrons. The second-order valence-electron chi connectivity index (χ2n) is 5.20. The molecule has 0 fully saturated rings. The van der Waals surface area contributed by atoms with Gasteiger partial charge in [0.2, 0.25) is 0 Å². The Bertz CT molecular complexity index is 336. The second kappa shape index (κ2) is 8.15. The molecule has 1 aromatic carbocycles. The summed E-state index contributed by atoms with van der Waals surface area (Å²) in [7, 11) is 0. The van der Waals surface area contributed by atoms with Crippen LogP contribution in [0.25, 0.3) is 0 Å². The van der Waals surface area contributed by atoms with Crippen LogP contribution in [0.15, 0.2) is 24.3 Å². The average molecular weight is 249 g/mol. The number of hydrogen-bond donors (Lipinski definition) is 1. The lowest BCUT2D eigenvalue weighted by Crippen LogP contribution is -2.18. The molecule has 0 aliphatic heterocycles. The SMILES string of the molecule is CCNC(C)c1ccccc1OCCCC(C)C. The van der Waals surface area contributed by atoms with Crippen molar-refractivity contribution in [3.05, 3.63) is 29.8 Å². The van der Waals surface area contributed by atoms with Gasteiger partial charge in [-0.05, 0) is 38.3 Å². The fourth-order valence-corrected chi connectivity index (χ4v) is 2.06. The van der Waals surface area contributed by atoms with Crippen LogP contribution in [0.4, 0.5) is 0 Å². The Hall–Kier alpha value is -1.02. The van der Waals surface area contributed by atoms with Gasteiger partial charge in [0, 0.05) is 11.6 Å². The van der Waals surface area contributed by atoms with Gasteiger partial charge in [-0.1, -0.05) is 39.0 Å². The summed E-state index contributed by atoms with van der Waals surface area (Å²) in [6.45, 7) is 10.6. The van der Waals surface area contributed by atoms with Crippen molar-refractivity contribution in [2.75, 3.05) is 13.2 Å². The zero-order valence-corrected chi connectivity index (χ0v) is 12.2. The number of nitrogens with one attached hydrogen (secondary N) is 1. The highest BCUT2D eigenvalue weighted by Crippen LogP contribution is 2.24. The molecular weight excluding hydrogens is 222 g/mol. The Morgan fingerprint density at radius 1 is 1.17 bits per heavy atom. The second-order valence-corrected chi connectivity index (χ2v) is 5.20. The minimum Gasteiger partial charge on any atom is -0.493 e. The molecule has 1 rings (SSSR count). The van der Waals surface area contributed by atoms with E-state index in [1.165, 1.54) is 12.0 Å². The summed E-state index contributed by atoms with van der Waals surface area (Å²) in [6.07, 6.45) is 2.35. The first kappa shape index (κ1) is 15.0. The minimum absolute atomic E-state index is 0.344. The summed E-state index contributed by atoms with van der Waals surface area (Å²) in [6, 6.07) is 8.67. The molecule has 1 atom stereocenters. The molecule has 0 radical (unpaired) electrons. The Kier molecular flexibility index (Phi) is 6.81. The number of rotatable bonds is 8. The van der Waals surface area contributed by atoms with Gasteiger partial charge >= 0.3 is 0 Å². The van der Waals surface area contributed by atoms with E-state index in [1.54, 1.807) is 0 Å². The number of ether oxygens (including phenoxy) is 1. The van der Waals surface area contributed by atoms with E-state index in [2.05, 4.69) is 51.2 Å². The van der Waals surface area contributed by atoms with Crippen molar-refractivity contribution < 1.29 is 4.74 Å². The maximum atomic E-state index is 5.92. The summed E-state index contributed by atoms with van der Waals surface area (Å²) < 4.78 is 5.92. The lowest BCUT2D eigenvalue weighted by Gasteiger charge is -2.17. The largest absolute Gasteiger partial charge is 0.493 e.